The zero-order valence-electron chi connectivity index (χ0n) is 15.5. The smallest absolute Gasteiger partial charge is 0.335 e. The average molecular weight is 398 g/mol. The number of hydrogen-bond acceptors (Lipinski definition) is 6. The van der Waals surface area contributed by atoms with Gasteiger partial charge in [0.25, 0.3) is 5.91 Å². The van der Waals surface area contributed by atoms with Crippen molar-refractivity contribution in [2.75, 3.05) is 14.2 Å². The number of amides is 1. The number of benzene rings is 2. The third-order valence-corrected chi connectivity index (χ3v) is 4.94. The first-order valence-electron chi connectivity index (χ1n) is 8.27. The number of rotatable bonds is 5. The van der Waals surface area contributed by atoms with Crippen LogP contribution in [0.2, 0.25) is 0 Å². The quantitative estimate of drug-likeness (QED) is 0.747. The van der Waals surface area contributed by atoms with E-state index in [1.165, 1.54) is 23.9 Å². The minimum absolute atomic E-state index is 0.139. The van der Waals surface area contributed by atoms with E-state index in [0.29, 0.717) is 27.3 Å². The molecule has 0 bridgehead atoms. The number of nitrogens with one attached hydrogen (secondary N) is 1. The molecule has 1 aliphatic rings. The number of aromatic carboxylic acids is 1. The molecule has 2 aromatic rings. The summed E-state index contributed by atoms with van der Waals surface area (Å²) in [5.41, 5.74) is 2.22. The second-order valence-corrected chi connectivity index (χ2v) is 6.93. The molecule has 1 fully saturated rings. The number of thioether (sulfide) groups is 1. The van der Waals surface area contributed by atoms with E-state index < -0.39 is 5.97 Å². The van der Waals surface area contributed by atoms with E-state index in [-0.39, 0.29) is 11.5 Å². The predicted molar refractivity (Wildman–Crippen MR) is 108 cm³/mol. The normalized spacial score (nSPS) is 16.3. The Morgan fingerprint density at radius 3 is 2.57 bits per heavy atom. The Bertz CT molecular complexity index is 1010. The summed E-state index contributed by atoms with van der Waals surface area (Å²) in [5.74, 6) is -0.136. The van der Waals surface area contributed by atoms with E-state index in [1.807, 2.05) is 13.0 Å². The largest absolute Gasteiger partial charge is 0.493 e. The van der Waals surface area contributed by atoms with Gasteiger partial charge in [-0.25, -0.2) is 9.79 Å². The number of carbonyl (C=O) groups excluding carboxylic acids is 1. The molecular formula is C20H18N2O5S. The SMILES string of the molecule is COc1ccc(/C=C2\SC(=Nc3cc(C(=O)O)ccc3C)NC2=O)cc1OC. The van der Waals surface area contributed by atoms with Crippen molar-refractivity contribution in [3.05, 3.63) is 58.0 Å². The van der Waals surface area contributed by atoms with E-state index in [9.17, 15) is 9.59 Å². The van der Waals surface area contributed by atoms with Gasteiger partial charge in [0, 0.05) is 0 Å². The fourth-order valence-electron chi connectivity index (χ4n) is 2.55. The number of carboxylic acid groups (broad SMARTS) is 1. The maximum absolute atomic E-state index is 12.3. The van der Waals surface area contributed by atoms with Crippen LogP contribution < -0.4 is 14.8 Å². The number of carbonyl (C=O) groups is 2. The number of aryl methyl sites for hydroxylation is 1. The standard InChI is InChI=1S/C20H18N2O5S/c1-11-4-6-13(19(24)25)10-14(11)21-20-22-18(23)17(28-20)9-12-5-7-15(26-2)16(8-12)27-3/h4-10H,1-3H3,(H,24,25)(H,21,22,23)/b17-9-. The molecule has 0 radical (unpaired) electrons. The lowest BCUT2D eigenvalue weighted by Gasteiger charge is -2.07. The summed E-state index contributed by atoms with van der Waals surface area (Å²) in [4.78, 5) is 28.3. The van der Waals surface area contributed by atoms with Gasteiger partial charge in [0.05, 0.1) is 30.4 Å². The fraction of sp³-hybridized carbons (Fsp3) is 0.150. The Morgan fingerprint density at radius 1 is 1.14 bits per heavy atom. The number of aliphatic imine (C=N–C) groups is 1. The molecule has 0 atom stereocenters. The van der Waals surface area contributed by atoms with Crippen LogP contribution in [0.5, 0.6) is 11.5 Å². The van der Waals surface area contributed by atoms with Gasteiger partial charge in [0.15, 0.2) is 16.7 Å². The zero-order valence-corrected chi connectivity index (χ0v) is 16.3. The van der Waals surface area contributed by atoms with Crippen LogP contribution in [0, 0.1) is 6.92 Å². The van der Waals surface area contributed by atoms with Crippen LogP contribution in [0.1, 0.15) is 21.5 Å². The third-order valence-electron chi connectivity index (χ3n) is 4.03. The Hall–Kier alpha value is -3.26. The molecule has 1 aliphatic heterocycles. The lowest BCUT2D eigenvalue weighted by Crippen LogP contribution is -2.19. The molecule has 0 aliphatic carbocycles. The molecule has 0 unspecified atom stereocenters. The van der Waals surface area contributed by atoms with E-state index in [4.69, 9.17) is 14.6 Å². The average Bonchev–Trinajstić information content (AvgIpc) is 3.02. The van der Waals surface area contributed by atoms with Crippen molar-refractivity contribution in [1.82, 2.24) is 5.32 Å². The predicted octanol–water partition coefficient (Wildman–Crippen LogP) is 3.60. The van der Waals surface area contributed by atoms with Gasteiger partial charge in [-0.3, -0.25) is 4.79 Å². The van der Waals surface area contributed by atoms with Crippen LogP contribution in [0.25, 0.3) is 6.08 Å². The van der Waals surface area contributed by atoms with Crippen LogP contribution in [-0.4, -0.2) is 36.4 Å². The van der Waals surface area contributed by atoms with Gasteiger partial charge < -0.3 is 19.9 Å². The Kier molecular flexibility index (Phi) is 5.70. The Balaban J connectivity index is 1.88. The summed E-state index contributed by atoms with van der Waals surface area (Å²) < 4.78 is 10.5. The molecule has 2 aromatic carbocycles. The number of amidine groups is 1. The highest BCUT2D eigenvalue weighted by Crippen LogP contribution is 2.32. The highest BCUT2D eigenvalue weighted by Gasteiger charge is 2.24. The molecule has 1 amide bonds. The summed E-state index contributed by atoms with van der Waals surface area (Å²) >= 11 is 1.19. The number of hydrogen-bond donors (Lipinski definition) is 2. The topological polar surface area (TPSA) is 97.2 Å². The third kappa shape index (κ3) is 4.17. The van der Waals surface area contributed by atoms with E-state index in [1.54, 1.807) is 38.5 Å². The Labute approximate surface area is 166 Å². The number of carboxylic acids is 1. The first-order valence-corrected chi connectivity index (χ1v) is 9.08. The van der Waals surface area contributed by atoms with Crippen LogP contribution in [0.4, 0.5) is 5.69 Å². The first kappa shape index (κ1) is 19.5. The zero-order chi connectivity index (χ0) is 20.3. The summed E-state index contributed by atoms with van der Waals surface area (Å²) in [5, 5.41) is 12.2. The lowest BCUT2D eigenvalue weighted by molar-refractivity contribution is -0.115. The monoisotopic (exact) mass is 398 g/mol. The number of ether oxygens (including phenoxy) is 2. The second kappa shape index (κ2) is 8.18. The summed E-state index contributed by atoms with van der Waals surface area (Å²) in [6, 6.07) is 10.0. The van der Waals surface area contributed by atoms with Crippen LogP contribution in [0.3, 0.4) is 0 Å². The maximum atomic E-state index is 12.3. The minimum Gasteiger partial charge on any atom is -0.493 e. The second-order valence-electron chi connectivity index (χ2n) is 5.90. The van der Waals surface area contributed by atoms with Gasteiger partial charge in [-0.2, -0.15) is 0 Å². The van der Waals surface area contributed by atoms with Gasteiger partial charge in [-0.05, 0) is 60.2 Å². The fourth-order valence-corrected chi connectivity index (χ4v) is 3.38. The molecule has 144 valence electrons. The molecule has 1 saturated heterocycles. The molecular weight excluding hydrogens is 380 g/mol. The molecule has 0 spiro atoms. The molecule has 2 N–H and O–H groups in total. The molecule has 1 heterocycles. The first-order chi connectivity index (χ1) is 13.4. The highest BCUT2D eigenvalue weighted by atomic mass is 32.2. The summed E-state index contributed by atoms with van der Waals surface area (Å²) in [7, 11) is 3.10. The van der Waals surface area contributed by atoms with Crippen LogP contribution in [0.15, 0.2) is 46.3 Å². The molecule has 8 heteroatoms. The summed E-state index contributed by atoms with van der Waals surface area (Å²) in [6.45, 7) is 1.83. The number of methoxy groups -OCH3 is 2. The van der Waals surface area contributed by atoms with Gasteiger partial charge in [-0.1, -0.05) is 12.1 Å². The Morgan fingerprint density at radius 2 is 1.89 bits per heavy atom. The molecule has 28 heavy (non-hydrogen) atoms. The van der Waals surface area contributed by atoms with Gasteiger partial charge in [-0.15, -0.1) is 0 Å². The van der Waals surface area contributed by atoms with Crippen molar-refractivity contribution >= 4 is 40.6 Å². The van der Waals surface area contributed by atoms with Crippen molar-refractivity contribution in [2.24, 2.45) is 4.99 Å². The van der Waals surface area contributed by atoms with Crippen molar-refractivity contribution in [2.45, 2.75) is 6.92 Å². The van der Waals surface area contributed by atoms with Gasteiger partial charge >= 0.3 is 5.97 Å². The lowest BCUT2D eigenvalue weighted by atomic mass is 10.1. The van der Waals surface area contributed by atoms with Crippen molar-refractivity contribution in [3.8, 4) is 11.5 Å². The maximum Gasteiger partial charge on any atom is 0.335 e. The van der Waals surface area contributed by atoms with Gasteiger partial charge in [0.1, 0.15) is 0 Å². The van der Waals surface area contributed by atoms with Crippen molar-refractivity contribution < 1.29 is 24.2 Å². The number of nitrogens with zero attached hydrogens (tertiary/aromatic N) is 1. The van der Waals surface area contributed by atoms with Crippen LogP contribution in [-0.2, 0) is 4.79 Å². The molecule has 0 saturated carbocycles. The summed E-state index contributed by atoms with van der Waals surface area (Å²) in [6.07, 6.45) is 1.73. The van der Waals surface area contributed by atoms with Gasteiger partial charge in [0.2, 0.25) is 0 Å². The van der Waals surface area contributed by atoms with Crippen molar-refractivity contribution in [1.29, 1.82) is 0 Å². The van der Waals surface area contributed by atoms with Crippen molar-refractivity contribution in [3.63, 3.8) is 0 Å². The minimum atomic E-state index is -1.03. The van der Waals surface area contributed by atoms with Crippen LogP contribution >= 0.6 is 11.8 Å². The van der Waals surface area contributed by atoms with E-state index >= 15 is 0 Å². The van der Waals surface area contributed by atoms with E-state index in [0.717, 1.165) is 11.1 Å². The van der Waals surface area contributed by atoms with E-state index in [2.05, 4.69) is 10.3 Å². The molecule has 3 rings (SSSR count). The highest BCUT2D eigenvalue weighted by molar-refractivity contribution is 8.18. The molecule has 0 aromatic heterocycles. The molecule has 7 nitrogen and oxygen atoms in total.